The molecule has 1 amide bonds. The van der Waals surface area contributed by atoms with Gasteiger partial charge in [-0.15, -0.1) is 0 Å². The first-order valence-electron chi connectivity index (χ1n) is 11.8. The lowest BCUT2D eigenvalue weighted by molar-refractivity contribution is 0.0647. The summed E-state index contributed by atoms with van der Waals surface area (Å²) in [5.41, 5.74) is 9.78. The quantitative estimate of drug-likeness (QED) is 0.499. The van der Waals surface area contributed by atoms with Crippen molar-refractivity contribution in [2.45, 2.75) is 25.3 Å². The number of nitrogens with two attached hydrogens (primary N) is 1. The molecule has 2 N–H and O–H groups in total. The van der Waals surface area contributed by atoms with E-state index in [0.717, 1.165) is 50.3 Å². The standard InChI is InChI=1S/C28H32N4OS/c1-30(19-16-22-8-4-2-5-9-22)24-17-20-31(21-18-24)27(33)23-12-14-26(15-13-23)32(28(29)34)25-10-6-3-7-11-25/h2-15,24H,16-21H2,1H3,(H2,29,34). The van der Waals surface area contributed by atoms with Gasteiger partial charge in [0.1, 0.15) is 0 Å². The topological polar surface area (TPSA) is 52.8 Å². The molecule has 3 aromatic carbocycles. The lowest BCUT2D eigenvalue weighted by Gasteiger charge is -2.37. The van der Waals surface area contributed by atoms with Gasteiger partial charge in [-0.1, -0.05) is 48.5 Å². The first kappa shape index (κ1) is 23.9. The van der Waals surface area contributed by atoms with Crippen molar-refractivity contribution in [2.24, 2.45) is 5.73 Å². The van der Waals surface area contributed by atoms with Crippen LogP contribution in [0.1, 0.15) is 28.8 Å². The Morgan fingerprint density at radius 2 is 1.47 bits per heavy atom. The first-order chi connectivity index (χ1) is 16.5. The maximum atomic E-state index is 13.1. The molecule has 1 fully saturated rings. The molecule has 0 radical (unpaired) electrons. The molecule has 0 saturated carbocycles. The smallest absolute Gasteiger partial charge is 0.253 e. The van der Waals surface area contributed by atoms with Crippen molar-refractivity contribution in [2.75, 3.05) is 31.6 Å². The van der Waals surface area contributed by atoms with E-state index >= 15 is 0 Å². The Bertz CT molecular complexity index is 1080. The number of likely N-dealkylation sites (tertiary alicyclic amines) is 1. The molecule has 0 spiro atoms. The SMILES string of the molecule is CN(CCc1ccccc1)C1CCN(C(=O)c2ccc(N(C(N)=S)c3ccccc3)cc2)CC1. The number of piperidine rings is 1. The number of thiocarbonyl (C=S) groups is 1. The molecule has 1 saturated heterocycles. The van der Waals surface area contributed by atoms with E-state index in [1.807, 2.05) is 59.5 Å². The van der Waals surface area contributed by atoms with E-state index in [0.29, 0.717) is 11.6 Å². The number of carbonyl (C=O) groups excluding carboxylic acids is 1. The van der Waals surface area contributed by atoms with Crippen molar-refractivity contribution >= 4 is 34.6 Å². The van der Waals surface area contributed by atoms with Crippen LogP contribution in [0.15, 0.2) is 84.9 Å². The van der Waals surface area contributed by atoms with Crippen LogP contribution in [-0.4, -0.2) is 53.5 Å². The molecule has 0 bridgehead atoms. The molecule has 1 aliphatic heterocycles. The summed E-state index contributed by atoms with van der Waals surface area (Å²) in [6, 6.07) is 28.4. The number of carbonyl (C=O) groups is 1. The van der Waals surface area contributed by atoms with Crippen molar-refractivity contribution in [3.8, 4) is 0 Å². The molecule has 3 aromatic rings. The summed E-state index contributed by atoms with van der Waals surface area (Å²) in [5.74, 6) is 0.0820. The second-order valence-electron chi connectivity index (χ2n) is 8.80. The summed E-state index contributed by atoms with van der Waals surface area (Å²) < 4.78 is 0. The normalized spacial score (nSPS) is 14.2. The monoisotopic (exact) mass is 472 g/mol. The molecule has 4 rings (SSSR count). The minimum absolute atomic E-state index is 0.0820. The van der Waals surface area contributed by atoms with Gasteiger partial charge in [0.25, 0.3) is 5.91 Å². The Morgan fingerprint density at radius 3 is 2.06 bits per heavy atom. The minimum Gasteiger partial charge on any atom is -0.376 e. The molecule has 0 aliphatic carbocycles. The number of benzene rings is 3. The molecular weight excluding hydrogens is 440 g/mol. The second kappa shape index (κ2) is 11.3. The van der Waals surface area contributed by atoms with E-state index in [9.17, 15) is 4.79 Å². The van der Waals surface area contributed by atoms with Crippen LogP contribution in [0.2, 0.25) is 0 Å². The number of hydrogen-bond donors (Lipinski definition) is 1. The van der Waals surface area contributed by atoms with E-state index in [1.54, 1.807) is 4.90 Å². The van der Waals surface area contributed by atoms with Gasteiger partial charge in [0, 0.05) is 42.6 Å². The minimum atomic E-state index is 0.0820. The number of likely N-dealkylation sites (N-methyl/N-ethyl adjacent to an activating group) is 1. The molecule has 5 nitrogen and oxygen atoms in total. The predicted octanol–water partition coefficient (Wildman–Crippen LogP) is 4.85. The molecule has 34 heavy (non-hydrogen) atoms. The van der Waals surface area contributed by atoms with Gasteiger partial charge in [0.05, 0.1) is 0 Å². The molecule has 0 atom stereocenters. The Hall–Kier alpha value is -3.22. The van der Waals surface area contributed by atoms with Crippen LogP contribution in [0.4, 0.5) is 11.4 Å². The van der Waals surface area contributed by atoms with E-state index in [1.165, 1.54) is 5.56 Å². The maximum absolute atomic E-state index is 13.1. The van der Waals surface area contributed by atoms with Crippen LogP contribution < -0.4 is 10.6 Å². The van der Waals surface area contributed by atoms with E-state index in [2.05, 4.69) is 42.3 Å². The molecule has 176 valence electrons. The first-order valence-corrected chi connectivity index (χ1v) is 12.2. The highest BCUT2D eigenvalue weighted by atomic mass is 32.1. The summed E-state index contributed by atoms with van der Waals surface area (Å²) in [4.78, 5) is 19.3. The fraction of sp³-hybridized carbons (Fsp3) is 0.286. The average Bonchev–Trinajstić information content (AvgIpc) is 2.88. The number of para-hydroxylation sites is 1. The highest BCUT2D eigenvalue weighted by Crippen LogP contribution is 2.26. The number of hydrogen-bond acceptors (Lipinski definition) is 3. The van der Waals surface area contributed by atoms with Gasteiger partial charge in [-0.05, 0) is 80.5 Å². The van der Waals surface area contributed by atoms with E-state index < -0.39 is 0 Å². The average molecular weight is 473 g/mol. The predicted molar refractivity (Wildman–Crippen MR) is 144 cm³/mol. The van der Waals surface area contributed by atoms with E-state index in [-0.39, 0.29) is 11.0 Å². The zero-order valence-corrected chi connectivity index (χ0v) is 20.5. The van der Waals surface area contributed by atoms with Gasteiger partial charge in [-0.25, -0.2) is 0 Å². The Balaban J connectivity index is 1.33. The molecule has 0 aromatic heterocycles. The van der Waals surface area contributed by atoms with Gasteiger partial charge in [-0.2, -0.15) is 0 Å². The summed E-state index contributed by atoms with van der Waals surface area (Å²) in [6.45, 7) is 2.60. The van der Waals surface area contributed by atoms with Crippen molar-refractivity contribution < 1.29 is 4.79 Å². The summed E-state index contributed by atoms with van der Waals surface area (Å²) >= 11 is 5.27. The van der Waals surface area contributed by atoms with Crippen LogP contribution in [-0.2, 0) is 6.42 Å². The third-order valence-corrected chi connectivity index (χ3v) is 6.76. The van der Waals surface area contributed by atoms with Gasteiger partial charge in [0.15, 0.2) is 5.11 Å². The molecular formula is C28H32N4OS. The number of amides is 1. The summed E-state index contributed by atoms with van der Waals surface area (Å²) in [7, 11) is 2.20. The van der Waals surface area contributed by atoms with Crippen LogP contribution in [0.3, 0.4) is 0 Å². The Morgan fingerprint density at radius 1 is 0.912 bits per heavy atom. The largest absolute Gasteiger partial charge is 0.376 e. The molecule has 1 heterocycles. The lowest BCUT2D eigenvalue weighted by Crippen LogP contribution is -2.46. The van der Waals surface area contributed by atoms with Crippen molar-refractivity contribution in [3.05, 3.63) is 96.1 Å². The summed E-state index contributed by atoms with van der Waals surface area (Å²) in [6.07, 6.45) is 3.05. The Labute approximate surface area is 207 Å². The lowest BCUT2D eigenvalue weighted by atomic mass is 10.0. The highest BCUT2D eigenvalue weighted by molar-refractivity contribution is 7.80. The molecule has 1 aliphatic rings. The maximum Gasteiger partial charge on any atom is 0.253 e. The highest BCUT2D eigenvalue weighted by Gasteiger charge is 2.26. The van der Waals surface area contributed by atoms with Crippen molar-refractivity contribution in [3.63, 3.8) is 0 Å². The molecule has 0 unspecified atom stereocenters. The fourth-order valence-electron chi connectivity index (χ4n) is 4.56. The van der Waals surface area contributed by atoms with Crippen LogP contribution in [0, 0.1) is 0 Å². The Kier molecular flexibility index (Phi) is 7.93. The number of rotatable bonds is 7. The van der Waals surface area contributed by atoms with Gasteiger partial charge < -0.3 is 15.5 Å². The molecule has 6 heteroatoms. The number of nitrogens with zero attached hydrogens (tertiary/aromatic N) is 3. The second-order valence-corrected chi connectivity index (χ2v) is 9.21. The van der Waals surface area contributed by atoms with Crippen LogP contribution in [0.25, 0.3) is 0 Å². The van der Waals surface area contributed by atoms with Crippen LogP contribution in [0.5, 0.6) is 0 Å². The third-order valence-electron chi connectivity index (χ3n) is 6.58. The summed E-state index contributed by atoms with van der Waals surface area (Å²) in [5, 5.41) is 0.267. The zero-order valence-electron chi connectivity index (χ0n) is 19.6. The van der Waals surface area contributed by atoms with Crippen LogP contribution >= 0.6 is 12.2 Å². The third kappa shape index (κ3) is 5.82. The number of anilines is 2. The van der Waals surface area contributed by atoms with Crippen molar-refractivity contribution in [1.29, 1.82) is 0 Å². The van der Waals surface area contributed by atoms with E-state index in [4.69, 9.17) is 18.0 Å². The van der Waals surface area contributed by atoms with Gasteiger partial charge in [0.2, 0.25) is 0 Å². The van der Waals surface area contributed by atoms with Crippen molar-refractivity contribution in [1.82, 2.24) is 9.80 Å². The van der Waals surface area contributed by atoms with Gasteiger partial charge in [-0.3, -0.25) is 9.69 Å². The zero-order chi connectivity index (χ0) is 23.9. The fourth-order valence-corrected chi connectivity index (χ4v) is 4.77. The van der Waals surface area contributed by atoms with Gasteiger partial charge >= 0.3 is 0 Å².